The summed E-state index contributed by atoms with van der Waals surface area (Å²) in [6.45, 7) is 8.89. The van der Waals surface area contributed by atoms with Crippen molar-refractivity contribution < 1.29 is 18.7 Å². The van der Waals surface area contributed by atoms with Crippen molar-refractivity contribution in [2.24, 2.45) is 0 Å². The van der Waals surface area contributed by atoms with Crippen molar-refractivity contribution >= 4 is 11.9 Å². The van der Waals surface area contributed by atoms with E-state index in [-0.39, 0.29) is 11.9 Å². The number of cyclic esters (lactones) is 1. The van der Waals surface area contributed by atoms with E-state index in [0.29, 0.717) is 25.2 Å². The molecule has 1 N–H and O–H groups in total. The molecule has 2 bridgehead atoms. The minimum atomic E-state index is -0.520. The SMILES string of the molecule is CC(/C=C/C(C)=C/C1Cc2nc(co2)CCCCC(=O)NC(C)C/C(C)=C/C=C\C(=O)O1)=C\CN(C)C. The molecule has 0 spiro atoms. The summed E-state index contributed by atoms with van der Waals surface area (Å²) >= 11 is 0. The molecule has 1 aromatic rings. The molecular weight excluding hydrogens is 466 g/mol. The largest absolute Gasteiger partial charge is 0.454 e. The standard InChI is InChI=1S/C30H43N3O4/c1-22(16-17-33(5)6)14-15-24(3)19-27-20-29-32-26(21-36-29)11-7-8-12-28(34)31-25(4)18-23(2)10-9-13-30(35)37-27/h9-10,13-16,19,21,25,27H,7-8,11-12,17-18,20H2,1-6H3,(H,31,34)/b13-9-,15-14+,22-16+,23-10+,24-19+. The number of amides is 1. The maximum absolute atomic E-state index is 12.6. The normalized spacial score (nSPS) is 24.0. The Morgan fingerprint density at radius 1 is 1.14 bits per heavy atom. The second kappa shape index (κ2) is 15.8. The van der Waals surface area contributed by atoms with E-state index in [1.165, 1.54) is 6.08 Å². The Hall–Kier alpha value is -3.19. The van der Waals surface area contributed by atoms with Crippen LogP contribution in [0.15, 0.2) is 69.9 Å². The highest BCUT2D eigenvalue weighted by atomic mass is 16.5. The molecule has 1 aliphatic rings. The molecule has 0 aromatic carbocycles. The van der Waals surface area contributed by atoms with Gasteiger partial charge in [-0.3, -0.25) is 4.79 Å². The van der Waals surface area contributed by atoms with Gasteiger partial charge in [-0.2, -0.15) is 0 Å². The maximum Gasteiger partial charge on any atom is 0.331 e. The molecule has 7 heteroatoms. The highest BCUT2D eigenvalue weighted by molar-refractivity contribution is 5.82. The predicted molar refractivity (Wildman–Crippen MR) is 148 cm³/mol. The second-order valence-corrected chi connectivity index (χ2v) is 10.1. The summed E-state index contributed by atoms with van der Waals surface area (Å²) in [4.78, 5) is 31.5. The monoisotopic (exact) mass is 509 g/mol. The summed E-state index contributed by atoms with van der Waals surface area (Å²) in [5.41, 5.74) is 4.05. The average Bonchev–Trinajstić information content (AvgIpc) is 3.25. The van der Waals surface area contributed by atoms with Crippen LogP contribution in [-0.4, -0.2) is 54.5 Å². The van der Waals surface area contributed by atoms with Gasteiger partial charge in [0, 0.05) is 25.1 Å². The number of ether oxygens (including phenoxy) is 1. The summed E-state index contributed by atoms with van der Waals surface area (Å²) in [7, 11) is 4.07. The fourth-order valence-electron chi connectivity index (χ4n) is 3.89. The van der Waals surface area contributed by atoms with Crippen molar-refractivity contribution in [1.82, 2.24) is 15.2 Å². The quantitative estimate of drug-likeness (QED) is 0.430. The third-order valence-electron chi connectivity index (χ3n) is 5.81. The fourth-order valence-corrected chi connectivity index (χ4v) is 3.89. The zero-order valence-electron chi connectivity index (χ0n) is 23.3. The van der Waals surface area contributed by atoms with Crippen LogP contribution in [0.25, 0.3) is 0 Å². The number of rotatable bonds is 5. The summed E-state index contributed by atoms with van der Waals surface area (Å²) in [6, 6.07) is 0.0243. The molecule has 0 radical (unpaired) electrons. The van der Waals surface area contributed by atoms with Crippen LogP contribution in [0.4, 0.5) is 0 Å². The van der Waals surface area contributed by atoms with Crippen molar-refractivity contribution in [1.29, 1.82) is 0 Å². The molecule has 0 saturated carbocycles. The number of nitrogens with zero attached hydrogens (tertiary/aromatic N) is 2. The molecule has 2 unspecified atom stereocenters. The van der Waals surface area contributed by atoms with Crippen molar-refractivity contribution in [3.05, 3.63) is 77.1 Å². The molecule has 0 fully saturated rings. The summed E-state index contributed by atoms with van der Waals surface area (Å²) < 4.78 is 11.4. The minimum absolute atomic E-state index is 0.0243. The number of hydrogen-bond acceptors (Lipinski definition) is 6. The van der Waals surface area contributed by atoms with Crippen LogP contribution in [-0.2, 0) is 27.2 Å². The average molecular weight is 510 g/mol. The number of oxazole rings is 1. The number of hydrogen-bond donors (Lipinski definition) is 1. The minimum Gasteiger partial charge on any atom is -0.454 e. The first kappa shape index (κ1) is 30.0. The molecule has 1 aliphatic heterocycles. The lowest BCUT2D eigenvalue weighted by Gasteiger charge is -2.14. The highest BCUT2D eigenvalue weighted by Crippen LogP contribution is 2.14. The van der Waals surface area contributed by atoms with E-state index < -0.39 is 12.1 Å². The van der Waals surface area contributed by atoms with Gasteiger partial charge in [0.1, 0.15) is 12.4 Å². The van der Waals surface area contributed by atoms with Gasteiger partial charge in [-0.1, -0.05) is 47.1 Å². The first-order chi connectivity index (χ1) is 17.6. The zero-order chi connectivity index (χ0) is 27.2. The van der Waals surface area contributed by atoms with E-state index in [0.717, 1.165) is 48.2 Å². The lowest BCUT2D eigenvalue weighted by atomic mass is 10.1. The van der Waals surface area contributed by atoms with Gasteiger partial charge in [0.2, 0.25) is 5.91 Å². The van der Waals surface area contributed by atoms with Crippen LogP contribution < -0.4 is 5.32 Å². The number of esters is 1. The van der Waals surface area contributed by atoms with Gasteiger partial charge in [0.05, 0.1) is 12.1 Å². The molecule has 2 atom stereocenters. The van der Waals surface area contributed by atoms with E-state index in [4.69, 9.17) is 9.15 Å². The number of aromatic nitrogens is 1. The van der Waals surface area contributed by atoms with E-state index in [9.17, 15) is 9.59 Å². The molecule has 0 aliphatic carbocycles. The number of likely N-dealkylation sites (N-methyl/N-ethyl adjacent to an activating group) is 1. The molecule has 2 rings (SSSR count). The van der Waals surface area contributed by atoms with Crippen molar-refractivity contribution in [2.75, 3.05) is 20.6 Å². The zero-order valence-corrected chi connectivity index (χ0v) is 23.3. The number of aryl methyl sites for hydroxylation is 1. The second-order valence-electron chi connectivity index (χ2n) is 10.1. The summed E-state index contributed by atoms with van der Waals surface area (Å²) in [5, 5.41) is 3.04. The molecular formula is C30H43N3O4. The Morgan fingerprint density at radius 2 is 1.86 bits per heavy atom. The van der Waals surface area contributed by atoms with Gasteiger partial charge in [-0.25, -0.2) is 9.78 Å². The van der Waals surface area contributed by atoms with Crippen LogP contribution in [0.2, 0.25) is 0 Å². The topological polar surface area (TPSA) is 84.7 Å². The Balaban J connectivity index is 2.21. The maximum atomic E-state index is 12.6. The van der Waals surface area contributed by atoms with Crippen molar-refractivity contribution in [3.63, 3.8) is 0 Å². The van der Waals surface area contributed by atoms with Crippen LogP contribution in [0.3, 0.4) is 0 Å². The predicted octanol–water partition coefficient (Wildman–Crippen LogP) is 5.26. The van der Waals surface area contributed by atoms with Gasteiger partial charge in [0.15, 0.2) is 5.89 Å². The van der Waals surface area contributed by atoms with Crippen LogP contribution in [0, 0.1) is 0 Å². The lowest BCUT2D eigenvalue weighted by molar-refractivity contribution is -0.141. The van der Waals surface area contributed by atoms with Gasteiger partial charge in [-0.05, 0) is 73.5 Å². The van der Waals surface area contributed by atoms with E-state index >= 15 is 0 Å². The number of nitrogens with one attached hydrogen (secondary N) is 1. The van der Waals surface area contributed by atoms with Crippen LogP contribution in [0.1, 0.15) is 65.0 Å². The van der Waals surface area contributed by atoms with Crippen molar-refractivity contribution in [2.45, 2.75) is 78.4 Å². The van der Waals surface area contributed by atoms with E-state index in [1.54, 1.807) is 12.3 Å². The Kier molecular flexibility index (Phi) is 12.8. The third-order valence-corrected chi connectivity index (χ3v) is 5.81. The summed E-state index contributed by atoms with van der Waals surface area (Å²) in [6.07, 6.45) is 18.2. The smallest absolute Gasteiger partial charge is 0.331 e. The molecule has 37 heavy (non-hydrogen) atoms. The van der Waals surface area contributed by atoms with Gasteiger partial charge < -0.3 is 19.4 Å². The van der Waals surface area contributed by atoms with Crippen LogP contribution in [0.5, 0.6) is 0 Å². The Bertz CT molecular complexity index is 1040. The first-order valence-corrected chi connectivity index (χ1v) is 13.1. The number of fused-ring (bicyclic) bond motifs is 2. The lowest BCUT2D eigenvalue weighted by Crippen LogP contribution is -2.32. The molecule has 2 heterocycles. The molecule has 202 valence electrons. The number of allylic oxidation sites excluding steroid dienone is 6. The fraction of sp³-hybridized carbons (Fsp3) is 0.500. The Labute approximate surface area is 222 Å². The number of carbonyl (C=O) groups excluding carboxylic acids is 2. The van der Waals surface area contributed by atoms with E-state index in [1.807, 2.05) is 53.1 Å². The number of carbonyl (C=O) groups is 2. The third kappa shape index (κ3) is 13.1. The highest BCUT2D eigenvalue weighted by Gasteiger charge is 2.16. The molecule has 1 aromatic heterocycles. The van der Waals surface area contributed by atoms with Gasteiger partial charge in [0.25, 0.3) is 0 Å². The summed E-state index contributed by atoms with van der Waals surface area (Å²) in [5.74, 6) is 0.142. The van der Waals surface area contributed by atoms with Crippen molar-refractivity contribution in [3.8, 4) is 0 Å². The molecule has 0 saturated heterocycles. The van der Waals surface area contributed by atoms with E-state index in [2.05, 4.69) is 34.3 Å². The molecule has 1 amide bonds. The Morgan fingerprint density at radius 3 is 2.62 bits per heavy atom. The van der Waals surface area contributed by atoms with Gasteiger partial charge in [-0.15, -0.1) is 0 Å². The van der Waals surface area contributed by atoms with Gasteiger partial charge >= 0.3 is 5.97 Å². The first-order valence-electron chi connectivity index (χ1n) is 13.1. The van der Waals surface area contributed by atoms with Crippen LogP contribution >= 0.6 is 0 Å². The molecule has 7 nitrogen and oxygen atoms in total.